The number of ether oxygens (including phenoxy) is 2. The third-order valence-electron chi connectivity index (χ3n) is 4.40. The van der Waals surface area contributed by atoms with Gasteiger partial charge in [-0.25, -0.2) is 9.59 Å². The van der Waals surface area contributed by atoms with Crippen molar-refractivity contribution < 1.29 is 23.9 Å². The van der Waals surface area contributed by atoms with Crippen molar-refractivity contribution in [2.24, 2.45) is 5.92 Å². The SMILES string of the molecule is COc1ccc(Cl)cc1C(=O)OCC(=O)NC(=O)N[C@@H]1CCCC[C@H]1C. The fraction of sp³-hybridized carbons (Fsp3) is 0.500. The zero-order chi connectivity index (χ0) is 19.1. The van der Waals surface area contributed by atoms with E-state index in [4.69, 9.17) is 21.1 Å². The summed E-state index contributed by atoms with van der Waals surface area (Å²) in [6.07, 6.45) is 4.16. The summed E-state index contributed by atoms with van der Waals surface area (Å²) in [6, 6.07) is 3.95. The summed E-state index contributed by atoms with van der Waals surface area (Å²) < 4.78 is 9.99. The third kappa shape index (κ3) is 5.62. The average molecular weight is 383 g/mol. The summed E-state index contributed by atoms with van der Waals surface area (Å²) >= 11 is 5.86. The molecule has 1 aromatic carbocycles. The molecular formula is C18H23ClN2O5. The first-order valence-electron chi connectivity index (χ1n) is 8.51. The monoisotopic (exact) mass is 382 g/mol. The van der Waals surface area contributed by atoms with E-state index in [2.05, 4.69) is 17.6 Å². The van der Waals surface area contributed by atoms with Gasteiger partial charge in [0.05, 0.1) is 7.11 Å². The van der Waals surface area contributed by atoms with Crippen LogP contribution in [0, 0.1) is 5.92 Å². The van der Waals surface area contributed by atoms with Gasteiger partial charge in [-0.05, 0) is 37.0 Å². The Balaban J connectivity index is 1.82. The van der Waals surface area contributed by atoms with Crippen molar-refractivity contribution in [2.75, 3.05) is 13.7 Å². The van der Waals surface area contributed by atoms with Crippen molar-refractivity contribution in [3.63, 3.8) is 0 Å². The second-order valence-corrected chi connectivity index (χ2v) is 6.75. The van der Waals surface area contributed by atoms with Crippen molar-refractivity contribution in [2.45, 2.75) is 38.6 Å². The smallest absolute Gasteiger partial charge is 0.342 e. The number of carbonyl (C=O) groups excluding carboxylic acids is 3. The Bertz CT molecular complexity index is 680. The van der Waals surface area contributed by atoms with Crippen LogP contribution in [-0.2, 0) is 9.53 Å². The van der Waals surface area contributed by atoms with Gasteiger partial charge in [0.2, 0.25) is 0 Å². The number of rotatable bonds is 5. The van der Waals surface area contributed by atoms with Gasteiger partial charge in [-0.2, -0.15) is 0 Å². The molecule has 0 heterocycles. The highest BCUT2D eigenvalue weighted by Gasteiger charge is 2.23. The number of imide groups is 1. The van der Waals surface area contributed by atoms with Crippen molar-refractivity contribution in [1.29, 1.82) is 0 Å². The van der Waals surface area contributed by atoms with E-state index in [1.807, 2.05) is 0 Å². The zero-order valence-electron chi connectivity index (χ0n) is 14.8. The van der Waals surface area contributed by atoms with Crippen LogP contribution in [0.1, 0.15) is 43.0 Å². The Morgan fingerprint density at radius 3 is 2.65 bits per heavy atom. The minimum atomic E-state index is -0.763. The standard InChI is InChI=1S/C18H23ClN2O5/c1-11-5-3-4-6-14(11)20-18(24)21-16(22)10-26-17(23)13-9-12(19)7-8-15(13)25-2/h7-9,11,14H,3-6,10H2,1-2H3,(H2,20,21,22,24)/t11-,14-/m1/s1. The summed E-state index contributed by atoms with van der Waals surface area (Å²) in [6.45, 7) is 1.49. The maximum atomic E-state index is 12.1. The van der Waals surface area contributed by atoms with Crippen LogP contribution in [0.2, 0.25) is 5.02 Å². The number of esters is 1. The number of hydrogen-bond donors (Lipinski definition) is 2. The molecule has 26 heavy (non-hydrogen) atoms. The second kappa shape index (κ2) is 9.43. The van der Waals surface area contributed by atoms with E-state index in [0.29, 0.717) is 10.9 Å². The molecule has 0 aliphatic heterocycles. The largest absolute Gasteiger partial charge is 0.496 e. The van der Waals surface area contributed by atoms with Crippen LogP contribution in [0.25, 0.3) is 0 Å². The Hall–Kier alpha value is -2.28. The van der Waals surface area contributed by atoms with Gasteiger partial charge in [0.25, 0.3) is 5.91 Å². The molecule has 0 saturated heterocycles. The Morgan fingerprint density at radius 1 is 1.23 bits per heavy atom. The lowest BCUT2D eigenvalue weighted by atomic mass is 9.86. The fourth-order valence-electron chi connectivity index (χ4n) is 2.95. The van der Waals surface area contributed by atoms with Crippen LogP contribution in [0.3, 0.4) is 0 Å². The molecule has 1 fully saturated rings. The third-order valence-corrected chi connectivity index (χ3v) is 4.63. The average Bonchev–Trinajstić information content (AvgIpc) is 2.61. The molecule has 0 unspecified atom stereocenters. The lowest BCUT2D eigenvalue weighted by molar-refractivity contribution is -0.123. The maximum absolute atomic E-state index is 12.1. The number of halogens is 1. The normalized spacial score (nSPS) is 19.3. The molecule has 1 aromatic rings. The molecule has 3 amide bonds. The molecule has 1 aliphatic carbocycles. The van der Waals surface area contributed by atoms with E-state index >= 15 is 0 Å². The number of amides is 3. The number of nitrogens with one attached hydrogen (secondary N) is 2. The highest BCUT2D eigenvalue weighted by Crippen LogP contribution is 2.24. The molecule has 1 aliphatic rings. The number of hydrogen-bond acceptors (Lipinski definition) is 5. The number of methoxy groups -OCH3 is 1. The first kappa shape index (κ1) is 20.0. The van der Waals surface area contributed by atoms with E-state index in [0.717, 1.165) is 25.7 Å². The van der Waals surface area contributed by atoms with Gasteiger partial charge in [0, 0.05) is 11.1 Å². The van der Waals surface area contributed by atoms with Gasteiger partial charge >= 0.3 is 12.0 Å². The summed E-state index contributed by atoms with van der Waals surface area (Å²) in [7, 11) is 1.41. The van der Waals surface area contributed by atoms with Gasteiger partial charge < -0.3 is 14.8 Å². The van der Waals surface area contributed by atoms with E-state index in [9.17, 15) is 14.4 Å². The van der Waals surface area contributed by atoms with Gasteiger partial charge in [-0.1, -0.05) is 31.4 Å². The molecule has 0 aromatic heterocycles. The van der Waals surface area contributed by atoms with Crippen molar-refractivity contribution in [3.05, 3.63) is 28.8 Å². The Kier molecular flexibility index (Phi) is 7.26. The summed E-state index contributed by atoms with van der Waals surface area (Å²) in [5.74, 6) is -0.817. The van der Waals surface area contributed by atoms with Crippen molar-refractivity contribution in [1.82, 2.24) is 10.6 Å². The predicted molar refractivity (Wildman–Crippen MR) is 96.4 cm³/mol. The molecule has 8 heteroatoms. The first-order chi connectivity index (χ1) is 12.4. The summed E-state index contributed by atoms with van der Waals surface area (Å²) in [5.41, 5.74) is 0.105. The summed E-state index contributed by atoms with van der Waals surface area (Å²) in [5, 5.41) is 5.30. The fourth-order valence-corrected chi connectivity index (χ4v) is 3.12. The molecule has 142 valence electrons. The quantitative estimate of drug-likeness (QED) is 0.763. The molecule has 0 spiro atoms. The van der Waals surface area contributed by atoms with Crippen LogP contribution in [0.4, 0.5) is 4.79 Å². The van der Waals surface area contributed by atoms with E-state index < -0.39 is 24.5 Å². The van der Waals surface area contributed by atoms with Gasteiger partial charge in [-0.15, -0.1) is 0 Å². The van der Waals surface area contributed by atoms with Crippen LogP contribution in [0.15, 0.2) is 18.2 Å². The lowest BCUT2D eigenvalue weighted by Gasteiger charge is -2.29. The predicted octanol–water partition coefficient (Wildman–Crippen LogP) is 2.91. The number of benzene rings is 1. The molecule has 7 nitrogen and oxygen atoms in total. The van der Waals surface area contributed by atoms with Crippen LogP contribution >= 0.6 is 11.6 Å². The van der Waals surface area contributed by atoms with Crippen LogP contribution < -0.4 is 15.4 Å². The maximum Gasteiger partial charge on any atom is 0.342 e. The van der Waals surface area contributed by atoms with E-state index in [1.54, 1.807) is 6.07 Å². The second-order valence-electron chi connectivity index (χ2n) is 6.31. The molecule has 0 bridgehead atoms. The van der Waals surface area contributed by atoms with Crippen LogP contribution in [0.5, 0.6) is 5.75 Å². The van der Waals surface area contributed by atoms with Gasteiger partial charge in [-0.3, -0.25) is 10.1 Å². The molecule has 0 radical (unpaired) electrons. The first-order valence-corrected chi connectivity index (χ1v) is 8.89. The van der Waals surface area contributed by atoms with Crippen molar-refractivity contribution >= 4 is 29.5 Å². The zero-order valence-corrected chi connectivity index (χ0v) is 15.6. The minimum Gasteiger partial charge on any atom is -0.496 e. The molecule has 1 saturated carbocycles. The number of carbonyl (C=O) groups is 3. The molecule has 2 atom stereocenters. The highest BCUT2D eigenvalue weighted by molar-refractivity contribution is 6.31. The topological polar surface area (TPSA) is 93.7 Å². The highest BCUT2D eigenvalue weighted by atomic mass is 35.5. The summed E-state index contributed by atoms with van der Waals surface area (Å²) in [4.78, 5) is 35.8. The molecule has 2 N–H and O–H groups in total. The number of urea groups is 1. The minimum absolute atomic E-state index is 0.0508. The van der Waals surface area contributed by atoms with Gasteiger partial charge in [0.15, 0.2) is 6.61 Å². The van der Waals surface area contributed by atoms with Gasteiger partial charge in [0.1, 0.15) is 11.3 Å². The molecule has 2 rings (SSSR count). The van der Waals surface area contributed by atoms with Crippen molar-refractivity contribution in [3.8, 4) is 5.75 Å². The Morgan fingerprint density at radius 2 is 1.96 bits per heavy atom. The van der Waals surface area contributed by atoms with E-state index in [-0.39, 0.29) is 17.4 Å². The van der Waals surface area contributed by atoms with Crippen LogP contribution in [-0.4, -0.2) is 37.7 Å². The lowest BCUT2D eigenvalue weighted by Crippen LogP contribution is -2.48. The molecular weight excluding hydrogens is 360 g/mol. The Labute approximate surface area is 157 Å². The van der Waals surface area contributed by atoms with E-state index in [1.165, 1.54) is 19.2 Å².